The monoisotopic (exact) mass is 807 g/mol. The maximum Gasteiger partial charge on any atom is 0.311 e. The van der Waals surface area contributed by atoms with Crippen LogP contribution >= 0.6 is 0 Å². The van der Waals surface area contributed by atoms with Crippen molar-refractivity contribution in [2.75, 3.05) is 79.9 Å². The summed E-state index contributed by atoms with van der Waals surface area (Å²) in [5.74, 6) is 1.28. The Balaban J connectivity index is 0.000000154. The highest BCUT2D eigenvalue weighted by Gasteiger charge is 2.22. The number of oxazole rings is 2. The molecule has 8 aromatic rings. The van der Waals surface area contributed by atoms with Crippen molar-refractivity contribution in [2.24, 2.45) is 0 Å². The molecular weight excluding hydrogens is 767 g/mol. The van der Waals surface area contributed by atoms with Crippen molar-refractivity contribution in [2.45, 2.75) is 0 Å². The van der Waals surface area contributed by atoms with E-state index in [1.165, 1.54) is 12.4 Å². The van der Waals surface area contributed by atoms with E-state index in [0.717, 1.165) is 97.0 Å². The number of fused-ring (bicyclic) bond motifs is 2. The minimum Gasteiger partial charge on any atom is -0.497 e. The molecule has 10 rings (SSSR count). The number of hydrogen-bond acceptors (Lipinski definition) is 14. The summed E-state index contributed by atoms with van der Waals surface area (Å²) in [5.41, 5.74) is 5.54. The lowest BCUT2D eigenvalue weighted by atomic mass is 10.2. The molecule has 8 heterocycles. The van der Waals surface area contributed by atoms with E-state index < -0.39 is 11.8 Å². The molecule has 0 atom stereocenters. The molecule has 304 valence electrons. The van der Waals surface area contributed by atoms with Crippen LogP contribution < -0.4 is 35.8 Å². The van der Waals surface area contributed by atoms with Gasteiger partial charge in [-0.25, -0.2) is 9.97 Å². The number of aromatic amines is 1. The molecule has 60 heavy (non-hydrogen) atoms. The van der Waals surface area contributed by atoms with E-state index in [1.807, 2.05) is 66.7 Å². The number of amides is 2. The number of pyridine rings is 2. The van der Waals surface area contributed by atoms with Gasteiger partial charge in [-0.2, -0.15) is 0 Å². The van der Waals surface area contributed by atoms with E-state index in [-0.39, 0.29) is 11.8 Å². The van der Waals surface area contributed by atoms with Crippen LogP contribution in [0.2, 0.25) is 0 Å². The highest BCUT2D eigenvalue weighted by molar-refractivity contribution is 6.04. The SMILES string of the molecule is COc1ccc2[nH]c(-c3cnc(C(=O)Nc4cnccc4N4CCNCC4)o3)cc2c1.O=C(Nc1cnccc1N1CCNCC1)c1ncc(-c2cc3ccccc3o2)o1. The molecular formula is C43H41N11O6. The van der Waals surface area contributed by atoms with Crippen LogP contribution in [0.5, 0.6) is 5.75 Å². The fourth-order valence-corrected chi connectivity index (χ4v) is 7.15. The largest absolute Gasteiger partial charge is 0.497 e. The lowest BCUT2D eigenvalue weighted by Crippen LogP contribution is -2.43. The molecule has 2 saturated heterocycles. The van der Waals surface area contributed by atoms with E-state index in [4.69, 9.17) is 18.0 Å². The molecule has 0 bridgehead atoms. The van der Waals surface area contributed by atoms with Crippen LogP contribution in [-0.2, 0) is 0 Å². The number of ether oxygens (including phenoxy) is 1. The van der Waals surface area contributed by atoms with Crippen LogP contribution in [0.25, 0.3) is 44.8 Å². The third-order valence-corrected chi connectivity index (χ3v) is 10.2. The second kappa shape index (κ2) is 17.2. The van der Waals surface area contributed by atoms with Gasteiger partial charge >= 0.3 is 11.8 Å². The molecule has 2 aliphatic rings. The Morgan fingerprint density at radius 3 is 1.87 bits per heavy atom. The summed E-state index contributed by atoms with van der Waals surface area (Å²) in [6.45, 7) is 7.05. The molecule has 17 nitrogen and oxygen atoms in total. The minimum absolute atomic E-state index is 0.0126. The topological polar surface area (TPSA) is 205 Å². The van der Waals surface area contributed by atoms with E-state index in [2.05, 4.69) is 56.0 Å². The Kier molecular flexibility index (Phi) is 10.9. The highest BCUT2D eigenvalue weighted by Crippen LogP contribution is 2.31. The van der Waals surface area contributed by atoms with Gasteiger partial charge in [0.1, 0.15) is 11.3 Å². The fraction of sp³-hybridized carbons (Fsp3) is 0.209. The Morgan fingerprint density at radius 2 is 1.25 bits per heavy atom. The second-order valence-electron chi connectivity index (χ2n) is 14.0. The molecule has 5 N–H and O–H groups in total. The van der Waals surface area contributed by atoms with Crippen molar-refractivity contribution in [3.63, 3.8) is 0 Å². The van der Waals surface area contributed by atoms with Gasteiger partial charge in [0.15, 0.2) is 17.3 Å². The average Bonchev–Trinajstić information content (AvgIpc) is 4.14. The maximum atomic E-state index is 12.8. The molecule has 0 radical (unpaired) electrons. The number of carbonyl (C=O) groups is 2. The number of nitrogens with zero attached hydrogens (tertiary/aromatic N) is 6. The van der Waals surface area contributed by atoms with Gasteiger partial charge in [0.25, 0.3) is 11.8 Å². The third-order valence-electron chi connectivity index (χ3n) is 10.2. The number of carbonyl (C=O) groups excluding carboxylic acids is 2. The lowest BCUT2D eigenvalue weighted by Gasteiger charge is -2.30. The van der Waals surface area contributed by atoms with E-state index in [9.17, 15) is 9.59 Å². The van der Waals surface area contributed by atoms with Crippen molar-refractivity contribution in [3.05, 3.63) is 116 Å². The van der Waals surface area contributed by atoms with Crippen molar-refractivity contribution in [1.82, 2.24) is 35.6 Å². The first kappa shape index (κ1) is 38.0. The summed E-state index contributed by atoms with van der Waals surface area (Å²) >= 11 is 0. The van der Waals surface area contributed by atoms with E-state index >= 15 is 0 Å². The van der Waals surface area contributed by atoms with Crippen LogP contribution in [-0.4, -0.2) is 96.2 Å². The molecule has 0 unspecified atom stereocenters. The number of piperazine rings is 2. The van der Waals surface area contributed by atoms with Crippen LogP contribution in [0.3, 0.4) is 0 Å². The Hall–Kier alpha value is -7.50. The van der Waals surface area contributed by atoms with Gasteiger partial charge in [-0.05, 0) is 48.5 Å². The number of hydrogen-bond donors (Lipinski definition) is 5. The minimum atomic E-state index is -0.434. The molecule has 0 spiro atoms. The number of aromatic nitrogens is 5. The number of H-pyrrole nitrogens is 1. The molecule has 17 heteroatoms. The van der Waals surface area contributed by atoms with Gasteiger partial charge in [-0.15, -0.1) is 0 Å². The first-order valence-electron chi connectivity index (χ1n) is 19.5. The zero-order valence-corrected chi connectivity index (χ0v) is 32.6. The summed E-state index contributed by atoms with van der Waals surface area (Å²) < 4.78 is 22.4. The number of anilines is 4. The van der Waals surface area contributed by atoms with Crippen LogP contribution in [0.4, 0.5) is 22.7 Å². The Labute approximate surface area is 343 Å². The van der Waals surface area contributed by atoms with Gasteiger partial charge in [-0.3, -0.25) is 19.6 Å². The second-order valence-corrected chi connectivity index (χ2v) is 14.0. The number of para-hydroxylation sites is 1. The zero-order valence-electron chi connectivity index (χ0n) is 32.6. The molecule has 2 aromatic carbocycles. The number of rotatable bonds is 9. The predicted molar refractivity (Wildman–Crippen MR) is 227 cm³/mol. The normalized spacial score (nSPS) is 14.2. The van der Waals surface area contributed by atoms with Gasteiger partial charge in [0.05, 0.1) is 60.3 Å². The summed E-state index contributed by atoms with van der Waals surface area (Å²) in [6, 6.07) is 21.0. The number of furan rings is 1. The average molecular weight is 808 g/mol. The maximum absolute atomic E-state index is 12.8. The Morgan fingerprint density at radius 1 is 0.650 bits per heavy atom. The third kappa shape index (κ3) is 8.25. The van der Waals surface area contributed by atoms with E-state index in [1.54, 1.807) is 31.9 Å². The molecule has 0 saturated carbocycles. The quantitative estimate of drug-likeness (QED) is 0.113. The first-order valence-corrected chi connectivity index (χ1v) is 19.5. The summed E-state index contributed by atoms with van der Waals surface area (Å²) in [6.07, 6.45) is 9.76. The zero-order chi connectivity index (χ0) is 40.8. The summed E-state index contributed by atoms with van der Waals surface area (Å²) in [5, 5.41) is 14.3. The lowest BCUT2D eigenvalue weighted by molar-refractivity contribution is 0.0984. The van der Waals surface area contributed by atoms with Crippen molar-refractivity contribution in [1.29, 1.82) is 0 Å². The van der Waals surface area contributed by atoms with Crippen molar-refractivity contribution in [3.8, 4) is 28.7 Å². The first-order chi connectivity index (χ1) is 29.5. The standard InChI is InChI=1S/C22H22N6O3.C21H19N5O3/c1-30-15-2-3-16-14(10-15)11-17(26-16)20-13-25-22(31-20)21(29)27-18-12-24-5-4-19(18)28-8-6-23-7-9-28;27-20(25-15-12-23-6-5-16(15)26-9-7-22-8-10-26)21-24-13-19(29-21)18-11-14-3-1-2-4-17(14)28-18/h2-5,10-13,23,26H,6-9H2,1H3,(H,27,29);1-6,11-13,22H,7-10H2,(H,25,27). The van der Waals surface area contributed by atoms with Crippen LogP contribution in [0.15, 0.2) is 117 Å². The molecule has 2 fully saturated rings. The highest BCUT2D eigenvalue weighted by atomic mass is 16.5. The van der Waals surface area contributed by atoms with Gasteiger partial charge in [0.2, 0.25) is 0 Å². The van der Waals surface area contributed by atoms with Gasteiger partial charge in [0, 0.05) is 81.0 Å². The van der Waals surface area contributed by atoms with Crippen molar-refractivity contribution < 1.29 is 27.6 Å². The van der Waals surface area contributed by atoms with Gasteiger partial charge < -0.3 is 54.0 Å². The molecule has 2 amide bonds. The molecule has 6 aromatic heterocycles. The summed E-state index contributed by atoms with van der Waals surface area (Å²) in [4.78, 5) is 49.8. The number of nitrogens with one attached hydrogen (secondary N) is 5. The van der Waals surface area contributed by atoms with Crippen LogP contribution in [0, 0.1) is 0 Å². The number of methoxy groups -OCH3 is 1. The van der Waals surface area contributed by atoms with Crippen LogP contribution in [0.1, 0.15) is 21.4 Å². The van der Waals surface area contributed by atoms with E-state index in [0.29, 0.717) is 28.7 Å². The number of benzene rings is 2. The smallest absolute Gasteiger partial charge is 0.311 e. The fourth-order valence-electron chi connectivity index (χ4n) is 7.15. The molecule has 0 aliphatic carbocycles. The predicted octanol–water partition coefficient (Wildman–Crippen LogP) is 6.03. The Bertz CT molecular complexity index is 2730. The molecule has 2 aliphatic heterocycles. The summed E-state index contributed by atoms with van der Waals surface area (Å²) in [7, 11) is 1.63. The van der Waals surface area contributed by atoms with Gasteiger partial charge in [-0.1, -0.05) is 18.2 Å². The van der Waals surface area contributed by atoms with Crippen molar-refractivity contribution >= 4 is 56.4 Å².